The third kappa shape index (κ3) is 4.31. The molecular formula is C25H20N6O3S. The Bertz CT molecular complexity index is 1710. The Hall–Kier alpha value is -4.31. The summed E-state index contributed by atoms with van der Waals surface area (Å²) in [7, 11) is 0. The second-order valence-corrected chi connectivity index (χ2v) is 8.88. The van der Waals surface area contributed by atoms with E-state index in [0.29, 0.717) is 38.6 Å². The second-order valence-electron chi connectivity index (χ2n) is 7.94. The van der Waals surface area contributed by atoms with Gasteiger partial charge in [0.15, 0.2) is 5.16 Å². The van der Waals surface area contributed by atoms with E-state index in [1.54, 1.807) is 54.7 Å². The number of fused-ring (bicyclic) bond motifs is 2. The average molecular weight is 485 g/mol. The zero-order chi connectivity index (χ0) is 24.5. The van der Waals surface area contributed by atoms with Gasteiger partial charge in [-0.05, 0) is 42.8 Å². The number of rotatable bonds is 6. The van der Waals surface area contributed by atoms with E-state index >= 15 is 0 Å². The minimum Gasteiger partial charge on any atom is -0.368 e. The molecule has 9 nitrogen and oxygen atoms in total. The van der Waals surface area contributed by atoms with Crippen molar-refractivity contribution in [2.45, 2.75) is 24.4 Å². The fourth-order valence-electron chi connectivity index (χ4n) is 3.78. The fourth-order valence-corrected chi connectivity index (χ4v) is 4.72. The second kappa shape index (κ2) is 9.15. The van der Waals surface area contributed by atoms with Crippen LogP contribution in [0.4, 0.5) is 0 Å². The van der Waals surface area contributed by atoms with Crippen molar-refractivity contribution < 1.29 is 4.79 Å². The van der Waals surface area contributed by atoms with Crippen LogP contribution in [0.1, 0.15) is 11.4 Å². The molecule has 10 heteroatoms. The molecule has 5 aromatic rings. The predicted molar refractivity (Wildman–Crippen MR) is 135 cm³/mol. The van der Waals surface area contributed by atoms with Gasteiger partial charge in [-0.3, -0.25) is 19.0 Å². The van der Waals surface area contributed by atoms with Gasteiger partial charge in [-0.15, -0.1) is 0 Å². The Morgan fingerprint density at radius 1 is 0.914 bits per heavy atom. The number of aryl methyl sites for hydroxylation is 1. The van der Waals surface area contributed by atoms with Gasteiger partial charge in [0.2, 0.25) is 5.91 Å². The summed E-state index contributed by atoms with van der Waals surface area (Å²) in [4.78, 5) is 51.9. The van der Waals surface area contributed by atoms with Crippen LogP contribution in [0.15, 0.2) is 81.6 Å². The van der Waals surface area contributed by atoms with Crippen LogP contribution in [0.3, 0.4) is 0 Å². The highest BCUT2D eigenvalue weighted by Crippen LogP contribution is 2.24. The van der Waals surface area contributed by atoms with Crippen molar-refractivity contribution in [2.75, 3.05) is 0 Å². The molecule has 0 saturated heterocycles. The number of carbonyl (C=O) groups excluding carboxylic acids is 1. The summed E-state index contributed by atoms with van der Waals surface area (Å²) in [5.74, 6) is 0.301. The first kappa shape index (κ1) is 22.5. The van der Waals surface area contributed by atoms with Crippen LogP contribution in [0.2, 0.25) is 0 Å². The van der Waals surface area contributed by atoms with Gasteiger partial charge < -0.3 is 5.73 Å². The monoisotopic (exact) mass is 484 g/mol. The number of hydrogen-bond acceptors (Lipinski definition) is 7. The van der Waals surface area contributed by atoms with E-state index in [-0.39, 0.29) is 23.4 Å². The molecule has 0 saturated carbocycles. The normalized spacial score (nSPS) is 11.2. The molecule has 174 valence electrons. The van der Waals surface area contributed by atoms with Crippen LogP contribution >= 0.6 is 11.8 Å². The Kier molecular flexibility index (Phi) is 5.87. The predicted octanol–water partition coefficient (Wildman–Crippen LogP) is 2.58. The molecule has 0 aliphatic rings. The lowest BCUT2D eigenvalue weighted by atomic mass is 10.2. The zero-order valence-corrected chi connectivity index (χ0v) is 19.5. The molecule has 2 N–H and O–H groups in total. The average Bonchev–Trinajstić information content (AvgIpc) is 2.85. The van der Waals surface area contributed by atoms with E-state index in [4.69, 9.17) is 10.7 Å². The SMILES string of the molecule is Cc1ccc(-n2c(SCc3nc4ccccc4c(=O)n3CC(N)=O)nc3ccccc3c2=O)nc1. The van der Waals surface area contributed by atoms with Gasteiger partial charge in [0.05, 0.1) is 27.6 Å². The number of nitrogens with zero attached hydrogens (tertiary/aromatic N) is 5. The lowest BCUT2D eigenvalue weighted by Gasteiger charge is -2.14. The molecule has 0 aliphatic carbocycles. The van der Waals surface area contributed by atoms with E-state index in [1.165, 1.54) is 20.9 Å². The molecule has 0 bridgehead atoms. The largest absolute Gasteiger partial charge is 0.368 e. The lowest BCUT2D eigenvalue weighted by molar-refractivity contribution is -0.118. The quantitative estimate of drug-likeness (QED) is 0.290. The maximum atomic E-state index is 13.4. The number of nitrogens with two attached hydrogens (primary N) is 1. The number of benzene rings is 2. The third-order valence-corrected chi connectivity index (χ3v) is 6.39. The summed E-state index contributed by atoms with van der Waals surface area (Å²) >= 11 is 1.22. The minimum absolute atomic E-state index is 0.171. The standard InChI is InChI=1S/C25H20N6O3S/c1-15-10-11-21(27-12-15)31-24(34)17-7-3-5-9-19(17)29-25(31)35-14-22-28-18-8-4-2-6-16(18)23(33)30(22)13-20(26)32/h2-12H,13-14H2,1H3,(H2,26,32). The number of pyridine rings is 1. The van der Waals surface area contributed by atoms with Crippen LogP contribution in [0.25, 0.3) is 27.6 Å². The highest BCUT2D eigenvalue weighted by Gasteiger charge is 2.17. The summed E-state index contributed by atoms with van der Waals surface area (Å²) in [5, 5.41) is 1.25. The first-order valence-electron chi connectivity index (χ1n) is 10.8. The Morgan fingerprint density at radius 2 is 1.57 bits per heavy atom. The molecule has 1 amide bonds. The molecule has 0 spiro atoms. The van der Waals surface area contributed by atoms with Crippen molar-refractivity contribution in [3.63, 3.8) is 0 Å². The molecule has 2 aromatic carbocycles. The molecule has 0 unspecified atom stereocenters. The van der Waals surface area contributed by atoms with Crippen molar-refractivity contribution in [1.29, 1.82) is 0 Å². The summed E-state index contributed by atoms with van der Waals surface area (Å²) in [6.45, 7) is 1.61. The number of hydrogen-bond donors (Lipinski definition) is 1. The number of thioether (sulfide) groups is 1. The molecule has 5 rings (SSSR count). The van der Waals surface area contributed by atoms with Crippen LogP contribution < -0.4 is 16.9 Å². The van der Waals surface area contributed by atoms with E-state index < -0.39 is 5.91 Å². The first-order valence-corrected chi connectivity index (χ1v) is 11.8. The topological polar surface area (TPSA) is 126 Å². The van der Waals surface area contributed by atoms with Gasteiger partial charge >= 0.3 is 0 Å². The van der Waals surface area contributed by atoms with Gasteiger partial charge in [0.25, 0.3) is 11.1 Å². The number of primary amides is 1. The third-order valence-electron chi connectivity index (χ3n) is 5.45. The van der Waals surface area contributed by atoms with Gasteiger partial charge in [0.1, 0.15) is 18.2 Å². The number of carbonyl (C=O) groups is 1. The van der Waals surface area contributed by atoms with Gasteiger partial charge in [-0.2, -0.15) is 0 Å². The fraction of sp³-hybridized carbons (Fsp3) is 0.120. The molecule has 0 fully saturated rings. The smallest absolute Gasteiger partial charge is 0.267 e. The summed E-state index contributed by atoms with van der Waals surface area (Å²) in [5.41, 5.74) is 6.82. The van der Waals surface area contributed by atoms with Crippen LogP contribution in [0.5, 0.6) is 0 Å². The summed E-state index contributed by atoms with van der Waals surface area (Å²) in [6.07, 6.45) is 1.68. The van der Waals surface area contributed by atoms with E-state index in [0.717, 1.165) is 5.56 Å². The van der Waals surface area contributed by atoms with E-state index in [9.17, 15) is 14.4 Å². The molecular weight excluding hydrogens is 464 g/mol. The Balaban J connectivity index is 1.64. The van der Waals surface area contributed by atoms with Crippen molar-refractivity contribution in [2.24, 2.45) is 5.73 Å². The molecule has 3 aromatic heterocycles. The van der Waals surface area contributed by atoms with Crippen molar-refractivity contribution in [1.82, 2.24) is 24.1 Å². The highest BCUT2D eigenvalue weighted by molar-refractivity contribution is 7.98. The number of para-hydroxylation sites is 2. The maximum absolute atomic E-state index is 13.4. The van der Waals surface area contributed by atoms with Gasteiger partial charge in [-0.25, -0.2) is 19.5 Å². The van der Waals surface area contributed by atoms with Crippen LogP contribution in [0, 0.1) is 6.92 Å². The van der Waals surface area contributed by atoms with Crippen LogP contribution in [-0.4, -0.2) is 30.0 Å². The summed E-state index contributed by atoms with van der Waals surface area (Å²) < 4.78 is 2.72. The van der Waals surface area contributed by atoms with Crippen molar-refractivity contribution >= 4 is 39.5 Å². The maximum Gasteiger partial charge on any atom is 0.267 e. The number of aromatic nitrogens is 5. The Morgan fingerprint density at radius 3 is 2.23 bits per heavy atom. The van der Waals surface area contributed by atoms with Crippen LogP contribution in [-0.2, 0) is 17.1 Å². The molecule has 3 heterocycles. The van der Waals surface area contributed by atoms with E-state index in [2.05, 4.69) is 9.97 Å². The first-order chi connectivity index (χ1) is 16.9. The summed E-state index contributed by atoms with van der Waals surface area (Å²) in [6, 6.07) is 17.6. The van der Waals surface area contributed by atoms with Crippen molar-refractivity contribution in [3.05, 3.63) is 99.0 Å². The molecule has 0 aliphatic heterocycles. The molecule has 0 radical (unpaired) electrons. The molecule has 0 atom stereocenters. The highest BCUT2D eigenvalue weighted by atomic mass is 32.2. The number of amides is 1. The van der Waals surface area contributed by atoms with E-state index in [1.807, 2.05) is 19.1 Å². The lowest BCUT2D eigenvalue weighted by Crippen LogP contribution is -2.31. The zero-order valence-electron chi connectivity index (χ0n) is 18.7. The van der Waals surface area contributed by atoms with Gasteiger partial charge in [-0.1, -0.05) is 42.1 Å². The Labute approximate surface area is 203 Å². The molecule has 35 heavy (non-hydrogen) atoms. The van der Waals surface area contributed by atoms with Crippen molar-refractivity contribution in [3.8, 4) is 5.82 Å². The van der Waals surface area contributed by atoms with Gasteiger partial charge in [0, 0.05) is 6.20 Å². The minimum atomic E-state index is -0.653.